The minimum Gasteiger partial charge on any atom is -0.382 e. The highest BCUT2D eigenvalue weighted by Crippen LogP contribution is 2.32. The zero-order valence-corrected chi connectivity index (χ0v) is 8.80. The Labute approximate surface area is 94.0 Å². The van der Waals surface area contributed by atoms with Gasteiger partial charge in [0, 0.05) is 19.3 Å². The second-order valence-electron chi connectivity index (χ2n) is 3.66. The first kappa shape index (κ1) is 9.15. The molecule has 0 unspecified atom stereocenters. The van der Waals surface area contributed by atoms with Gasteiger partial charge in [-0.05, 0) is 18.2 Å². The standard InChI is InChI=1S/C12H12N4/c1-2-4-11-10(3-1)14-7-8-16(11)12-5-6-13-9-15-12/h1-6,9,14H,7-8H2. The summed E-state index contributed by atoms with van der Waals surface area (Å²) >= 11 is 0. The molecule has 0 saturated carbocycles. The van der Waals surface area contributed by atoms with Gasteiger partial charge in [0.05, 0.1) is 11.4 Å². The lowest BCUT2D eigenvalue weighted by atomic mass is 10.2. The van der Waals surface area contributed by atoms with Crippen molar-refractivity contribution in [1.29, 1.82) is 0 Å². The third-order valence-corrected chi connectivity index (χ3v) is 2.69. The van der Waals surface area contributed by atoms with Crippen molar-refractivity contribution in [2.24, 2.45) is 0 Å². The average Bonchev–Trinajstić information content (AvgIpc) is 2.39. The van der Waals surface area contributed by atoms with E-state index in [2.05, 4.69) is 32.3 Å². The Morgan fingerprint density at radius 2 is 2.12 bits per heavy atom. The second-order valence-corrected chi connectivity index (χ2v) is 3.66. The first-order valence-electron chi connectivity index (χ1n) is 5.31. The highest BCUT2D eigenvalue weighted by atomic mass is 15.2. The fourth-order valence-corrected chi connectivity index (χ4v) is 1.96. The Hall–Kier alpha value is -2.10. The minimum atomic E-state index is 0.925. The summed E-state index contributed by atoms with van der Waals surface area (Å²) in [5.74, 6) is 0.948. The van der Waals surface area contributed by atoms with Crippen LogP contribution in [0.1, 0.15) is 0 Å². The highest BCUT2D eigenvalue weighted by Gasteiger charge is 2.17. The number of hydrogen-bond acceptors (Lipinski definition) is 4. The first-order valence-corrected chi connectivity index (χ1v) is 5.31. The lowest BCUT2D eigenvalue weighted by Crippen LogP contribution is -2.30. The maximum atomic E-state index is 4.29. The average molecular weight is 212 g/mol. The summed E-state index contributed by atoms with van der Waals surface area (Å²) in [5.41, 5.74) is 2.33. The molecule has 4 heteroatoms. The van der Waals surface area contributed by atoms with Crippen molar-refractivity contribution in [1.82, 2.24) is 9.97 Å². The predicted octanol–water partition coefficient (Wildman–Crippen LogP) is 2.04. The molecule has 1 N–H and O–H groups in total. The number of hydrogen-bond donors (Lipinski definition) is 1. The number of nitrogens with zero attached hydrogens (tertiary/aromatic N) is 3. The Kier molecular flexibility index (Phi) is 2.18. The summed E-state index contributed by atoms with van der Waals surface area (Å²) in [7, 11) is 0. The molecular formula is C12H12N4. The number of rotatable bonds is 1. The molecule has 1 aliphatic rings. The molecule has 0 spiro atoms. The summed E-state index contributed by atoms with van der Waals surface area (Å²) < 4.78 is 0. The van der Waals surface area contributed by atoms with E-state index >= 15 is 0 Å². The van der Waals surface area contributed by atoms with Crippen LogP contribution in [0.2, 0.25) is 0 Å². The number of aromatic nitrogens is 2. The van der Waals surface area contributed by atoms with Crippen LogP contribution in [0, 0.1) is 0 Å². The van der Waals surface area contributed by atoms with Crippen LogP contribution in [0.5, 0.6) is 0 Å². The molecule has 0 bridgehead atoms. The van der Waals surface area contributed by atoms with Crippen LogP contribution in [-0.2, 0) is 0 Å². The minimum absolute atomic E-state index is 0.925. The van der Waals surface area contributed by atoms with Crippen LogP contribution in [0.3, 0.4) is 0 Å². The Morgan fingerprint density at radius 1 is 1.19 bits per heavy atom. The van der Waals surface area contributed by atoms with E-state index < -0.39 is 0 Å². The van der Waals surface area contributed by atoms with Gasteiger partial charge in [-0.2, -0.15) is 0 Å². The van der Waals surface area contributed by atoms with Crippen LogP contribution in [0.15, 0.2) is 42.9 Å². The third-order valence-electron chi connectivity index (χ3n) is 2.69. The predicted molar refractivity (Wildman–Crippen MR) is 64.0 cm³/mol. The van der Waals surface area contributed by atoms with Gasteiger partial charge in [-0.3, -0.25) is 0 Å². The van der Waals surface area contributed by atoms with Gasteiger partial charge in [-0.15, -0.1) is 0 Å². The van der Waals surface area contributed by atoms with Gasteiger partial charge in [-0.1, -0.05) is 12.1 Å². The Morgan fingerprint density at radius 3 is 3.00 bits per heavy atom. The van der Waals surface area contributed by atoms with Crippen LogP contribution in [-0.4, -0.2) is 23.1 Å². The van der Waals surface area contributed by atoms with E-state index in [1.165, 1.54) is 5.69 Å². The molecule has 0 radical (unpaired) electrons. The molecule has 1 aromatic carbocycles. The van der Waals surface area contributed by atoms with Crippen molar-refractivity contribution in [3.05, 3.63) is 42.9 Å². The molecule has 3 rings (SSSR count). The van der Waals surface area contributed by atoms with Crippen LogP contribution in [0.4, 0.5) is 17.2 Å². The van der Waals surface area contributed by atoms with Gasteiger partial charge in [0.2, 0.25) is 0 Å². The lowest BCUT2D eigenvalue weighted by Gasteiger charge is -2.30. The summed E-state index contributed by atoms with van der Waals surface area (Å²) in [5, 5.41) is 3.38. The Balaban J connectivity index is 2.05. The first-order chi connectivity index (χ1) is 7.95. The molecule has 1 aromatic heterocycles. The third kappa shape index (κ3) is 1.48. The van der Waals surface area contributed by atoms with Crippen LogP contribution >= 0.6 is 0 Å². The van der Waals surface area contributed by atoms with Gasteiger partial charge in [-0.25, -0.2) is 9.97 Å². The van der Waals surface area contributed by atoms with E-state index in [1.807, 2.05) is 18.2 Å². The highest BCUT2D eigenvalue weighted by molar-refractivity contribution is 5.76. The van der Waals surface area contributed by atoms with Crippen molar-refractivity contribution in [3.63, 3.8) is 0 Å². The normalized spacial score (nSPS) is 14.1. The summed E-state index contributed by atoms with van der Waals surface area (Å²) in [6, 6.07) is 10.2. The maximum Gasteiger partial charge on any atom is 0.136 e. The Bertz CT molecular complexity index is 483. The SMILES string of the molecule is c1ccc2c(c1)NCCN2c1ccncn1. The van der Waals surface area contributed by atoms with Gasteiger partial charge < -0.3 is 10.2 Å². The van der Waals surface area contributed by atoms with Crippen molar-refractivity contribution in [2.75, 3.05) is 23.3 Å². The maximum absolute atomic E-state index is 4.29. The molecule has 4 nitrogen and oxygen atoms in total. The molecule has 0 fully saturated rings. The smallest absolute Gasteiger partial charge is 0.136 e. The van der Waals surface area contributed by atoms with Crippen molar-refractivity contribution < 1.29 is 0 Å². The van der Waals surface area contributed by atoms with E-state index in [9.17, 15) is 0 Å². The zero-order chi connectivity index (χ0) is 10.8. The number of anilines is 3. The monoisotopic (exact) mass is 212 g/mol. The lowest BCUT2D eigenvalue weighted by molar-refractivity contribution is 0.902. The topological polar surface area (TPSA) is 41.0 Å². The number of fused-ring (bicyclic) bond motifs is 1. The van der Waals surface area contributed by atoms with Crippen LogP contribution in [0.25, 0.3) is 0 Å². The quantitative estimate of drug-likeness (QED) is 0.785. The molecular weight excluding hydrogens is 200 g/mol. The fourth-order valence-electron chi connectivity index (χ4n) is 1.96. The van der Waals surface area contributed by atoms with Gasteiger partial charge in [0.15, 0.2) is 0 Å². The number of nitrogens with one attached hydrogen (secondary N) is 1. The molecule has 16 heavy (non-hydrogen) atoms. The van der Waals surface area contributed by atoms with E-state index in [0.717, 1.165) is 24.6 Å². The second kappa shape index (κ2) is 3.81. The summed E-state index contributed by atoms with van der Waals surface area (Å²) in [6.45, 7) is 1.86. The van der Waals surface area contributed by atoms with Crippen molar-refractivity contribution in [3.8, 4) is 0 Å². The largest absolute Gasteiger partial charge is 0.382 e. The van der Waals surface area contributed by atoms with Crippen molar-refractivity contribution in [2.45, 2.75) is 0 Å². The van der Waals surface area contributed by atoms with Gasteiger partial charge in [0.1, 0.15) is 12.1 Å². The van der Waals surface area contributed by atoms with E-state index in [-0.39, 0.29) is 0 Å². The van der Waals surface area contributed by atoms with E-state index in [1.54, 1.807) is 12.5 Å². The molecule has 1 aliphatic heterocycles. The zero-order valence-electron chi connectivity index (χ0n) is 8.80. The molecule has 80 valence electrons. The molecule has 0 atom stereocenters. The number of benzene rings is 1. The molecule has 0 aliphatic carbocycles. The molecule has 0 saturated heterocycles. The molecule has 2 heterocycles. The van der Waals surface area contributed by atoms with Gasteiger partial charge >= 0.3 is 0 Å². The van der Waals surface area contributed by atoms with E-state index in [0.29, 0.717) is 0 Å². The summed E-state index contributed by atoms with van der Waals surface area (Å²) in [6.07, 6.45) is 3.35. The van der Waals surface area contributed by atoms with Crippen molar-refractivity contribution >= 4 is 17.2 Å². The molecule has 0 amide bonds. The number of para-hydroxylation sites is 2. The van der Waals surface area contributed by atoms with E-state index in [4.69, 9.17) is 0 Å². The van der Waals surface area contributed by atoms with Crippen LogP contribution < -0.4 is 10.2 Å². The van der Waals surface area contributed by atoms with Gasteiger partial charge in [0.25, 0.3) is 0 Å². The fraction of sp³-hybridized carbons (Fsp3) is 0.167. The summed E-state index contributed by atoms with van der Waals surface area (Å²) in [4.78, 5) is 10.4. The molecule has 2 aromatic rings.